The Kier molecular flexibility index (Phi) is 6.78. The molecule has 8 nitrogen and oxygen atoms in total. The summed E-state index contributed by atoms with van der Waals surface area (Å²) in [5, 5.41) is 4.52. The van der Waals surface area contributed by atoms with Gasteiger partial charge in [-0.2, -0.15) is 0 Å². The Bertz CT molecular complexity index is 1250. The van der Waals surface area contributed by atoms with Crippen LogP contribution in [0.4, 0.5) is 5.82 Å². The Morgan fingerprint density at radius 1 is 1.10 bits per heavy atom. The fraction of sp³-hybridized carbons (Fsp3) is 0.200. The molecule has 0 fully saturated rings. The van der Waals surface area contributed by atoms with E-state index in [4.69, 9.17) is 4.74 Å². The van der Waals surface area contributed by atoms with Crippen molar-refractivity contribution < 1.29 is 14.3 Å². The lowest BCUT2D eigenvalue weighted by atomic mass is 10.1. The molecule has 0 spiro atoms. The van der Waals surface area contributed by atoms with E-state index in [1.807, 2.05) is 36.4 Å². The first-order valence-corrected chi connectivity index (χ1v) is 10.6. The molecule has 10 heteroatoms. The van der Waals surface area contributed by atoms with Crippen LogP contribution in [0.3, 0.4) is 0 Å². The molecule has 0 unspecified atom stereocenters. The van der Waals surface area contributed by atoms with Crippen molar-refractivity contribution in [2.24, 2.45) is 14.1 Å². The van der Waals surface area contributed by atoms with Gasteiger partial charge in [-0.25, -0.2) is 4.79 Å². The van der Waals surface area contributed by atoms with E-state index in [2.05, 4.69) is 21.2 Å². The predicted molar refractivity (Wildman–Crippen MR) is 119 cm³/mol. The second kappa shape index (κ2) is 9.31. The van der Waals surface area contributed by atoms with E-state index in [9.17, 15) is 19.2 Å². The van der Waals surface area contributed by atoms with Crippen molar-refractivity contribution in [3.63, 3.8) is 0 Å². The van der Waals surface area contributed by atoms with Gasteiger partial charge in [0.05, 0.1) is 5.75 Å². The fourth-order valence-electron chi connectivity index (χ4n) is 2.68. The second-order valence-corrected chi connectivity index (χ2v) is 8.17. The molecule has 0 saturated heterocycles. The number of rotatable bonds is 6. The van der Waals surface area contributed by atoms with Crippen LogP contribution in [-0.2, 0) is 28.4 Å². The van der Waals surface area contributed by atoms with Gasteiger partial charge < -0.3 is 10.1 Å². The first-order valence-electron chi connectivity index (χ1n) is 8.80. The number of nitrogens with zero attached hydrogens (tertiary/aromatic N) is 2. The second-order valence-electron chi connectivity index (χ2n) is 6.36. The lowest BCUT2D eigenvalue weighted by molar-refractivity contribution is -0.144. The number of halogens is 1. The molecule has 0 saturated carbocycles. The summed E-state index contributed by atoms with van der Waals surface area (Å²) in [7, 11) is 2.76. The van der Waals surface area contributed by atoms with E-state index >= 15 is 0 Å². The highest BCUT2D eigenvalue weighted by Crippen LogP contribution is 2.34. The number of carbonyl (C=O) groups is 2. The lowest BCUT2D eigenvalue weighted by Gasteiger charge is -2.11. The SMILES string of the molecule is Cn1c(NC(=O)COC(=O)CSc2ccc3ccccc3c2Br)cc(=O)n(C)c1=O. The molecular formula is C20H18BrN3O5S. The van der Waals surface area contributed by atoms with Gasteiger partial charge in [-0.15, -0.1) is 11.8 Å². The third-order valence-electron chi connectivity index (χ3n) is 4.33. The number of carbonyl (C=O) groups excluding carboxylic acids is 2. The van der Waals surface area contributed by atoms with Gasteiger partial charge in [-0.3, -0.25) is 23.5 Å². The quantitative estimate of drug-likeness (QED) is 0.419. The molecule has 1 aromatic heterocycles. The number of hydrogen-bond donors (Lipinski definition) is 1. The number of anilines is 1. The van der Waals surface area contributed by atoms with E-state index in [1.165, 1.54) is 25.9 Å². The van der Waals surface area contributed by atoms with Gasteiger partial charge in [0.15, 0.2) is 6.61 Å². The van der Waals surface area contributed by atoms with Gasteiger partial charge in [0.25, 0.3) is 11.5 Å². The highest BCUT2D eigenvalue weighted by molar-refractivity contribution is 9.10. The van der Waals surface area contributed by atoms with Gasteiger partial charge in [0.1, 0.15) is 5.82 Å². The van der Waals surface area contributed by atoms with E-state index in [1.54, 1.807) is 0 Å². The largest absolute Gasteiger partial charge is 0.455 e. The molecule has 0 aliphatic rings. The van der Waals surface area contributed by atoms with E-state index in [0.29, 0.717) is 0 Å². The zero-order chi connectivity index (χ0) is 21.8. The molecule has 3 aromatic rings. The fourth-order valence-corrected chi connectivity index (χ4v) is 4.28. The summed E-state index contributed by atoms with van der Waals surface area (Å²) in [5.41, 5.74) is -1.13. The van der Waals surface area contributed by atoms with E-state index < -0.39 is 29.7 Å². The van der Waals surface area contributed by atoms with Crippen LogP contribution in [-0.4, -0.2) is 33.4 Å². The lowest BCUT2D eigenvalue weighted by Crippen LogP contribution is -2.38. The van der Waals surface area contributed by atoms with Crippen LogP contribution in [0.15, 0.2) is 61.4 Å². The van der Waals surface area contributed by atoms with Gasteiger partial charge in [-0.1, -0.05) is 30.3 Å². The van der Waals surface area contributed by atoms with Crippen molar-refractivity contribution in [1.29, 1.82) is 0 Å². The summed E-state index contributed by atoms with van der Waals surface area (Å²) in [5.74, 6) is -1.16. The molecule has 1 N–H and O–H groups in total. The summed E-state index contributed by atoms with van der Waals surface area (Å²) < 4.78 is 7.92. The molecule has 0 radical (unpaired) electrons. The maximum Gasteiger partial charge on any atom is 0.332 e. The van der Waals surface area contributed by atoms with Crippen LogP contribution >= 0.6 is 27.7 Å². The van der Waals surface area contributed by atoms with Crippen LogP contribution in [0, 0.1) is 0 Å². The highest BCUT2D eigenvalue weighted by Gasteiger charge is 2.13. The van der Waals surface area contributed by atoms with Gasteiger partial charge in [0.2, 0.25) is 0 Å². The molecular weight excluding hydrogens is 474 g/mol. The number of thioether (sulfide) groups is 1. The Morgan fingerprint density at radius 2 is 1.83 bits per heavy atom. The molecule has 156 valence electrons. The smallest absolute Gasteiger partial charge is 0.332 e. The molecule has 30 heavy (non-hydrogen) atoms. The number of amides is 1. The number of nitrogens with one attached hydrogen (secondary N) is 1. The molecule has 3 rings (SSSR count). The minimum atomic E-state index is -0.650. The van der Waals surface area contributed by atoms with Crippen molar-refractivity contribution >= 4 is 56.2 Å². The third-order valence-corrected chi connectivity index (χ3v) is 6.48. The van der Waals surface area contributed by atoms with Crippen molar-refractivity contribution in [3.05, 3.63) is 67.8 Å². The highest BCUT2D eigenvalue weighted by atomic mass is 79.9. The summed E-state index contributed by atoms with van der Waals surface area (Å²) in [6, 6.07) is 12.9. The normalized spacial score (nSPS) is 10.8. The van der Waals surface area contributed by atoms with Gasteiger partial charge in [-0.05, 0) is 32.8 Å². The predicted octanol–water partition coefficient (Wildman–Crippen LogP) is 2.27. The zero-order valence-electron chi connectivity index (χ0n) is 16.2. The molecule has 1 amide bonds. The Balaban J connectivity index is 1.55. The maximum atomic E-state index is 12.0. The van der Waals surface area contributed by atoms with Crippen LogP contribution < -0.4 is 16.6 Å². The Labute approximate surface area is 184 Å². The first kappa shape index (κ1) is 21.8. The van der Waals surface area contributed by atoms with Crippen LogP contribution in [0.5, 0.6) is 0 Å². The number of esters is 1. The topological polar surface area (TPSA) is 99.4 Å². The maximum absolute atomic E-state index is 12.0. The first-order chi connectivity index (χ1) is 14.3. The van der Waals surface area contributed by atoms with Gasteiger partial charge >= 0.3 is 11.7 Å². The Hall–Kier alpha value is -2.85. The van der Waals surface area contributed by atoms with Crippen molar-refractivity contribution in [1.82, 2.24) is 9.13 Å². The number of aromatic nitrogens is 2. The zero-order valence-corrected chi connectivity index (χ0v) is 18.6. The molecule has 0 bridgehead atoms. The summed E-state index contributed by atoms with van der Waals surface area (Å²) in [4.78, 5) is 48.5. The third kappa shape index (κ3) is 4.82. The molecule has 0 aliphatic carbocycles. The van der Waals surface area contributed by atoms with Crippen molar-refractivity contribution in [2.45, 2.75) is 4.90 Å². The van der Waals surface area contributed by atoms with E-state index in [0.717, 1.165) is 35.3 Å². The summed E-state index contributed by atoms with van der Waals surface area (Å²) >= 11 is 4.85. The van der Waals surface area contributed by atoms with Gasteiger partial charge in [0, 0.05) is 29.5 Å². The summed E-state index contributed by atoms with van der Waals surface area (Å²) in [6.45, 7) is -0.526. The average molecular weight is 492 g/mol. The summed E-state index contributed by atoms with van der Waals surface area (Å²) in [6.07, 6.45) is 0. The monoisotopic (exact) mass is 491 g/mol. The number of benzene rings is 2. The molecule has 0 atom stereocenters. The number of fused-ring (bicyclic) bond motifs is 1. The molecule has 1 heterocycles. The molecule has 0 aliphatic heterocycles. The van der Waals surface area contributed by atoms with E-state index in [-0.39, 0.29) is 11.6 Å². The minimum Gasteiger partial charge on any atom is -0.455 e. The standard InChI is InChI=1S/C20H18BrN3O5S/c1-23-15(9-17(26)24(2)20(23)28)22-16(25)10-29-18(27)11-30-14-8-7-12-5-3-4-6-13(12)19(14)21/h3-9H,10-11H2,1-2H3,(H,22,25). The molecule has 2 aromatic carbocycles. The van der Waals surface area contributed by atoms with Crippen LogP contribution in [0.1, 0.15) is 0 Å². The average Bonchev–Trinajstić information content (AvgIpc) is 2.74. The Morgan fingerprint density at radius 3 is 2.60 bits per heavy atom. The van der Waals surface area contributed by atoms with Crippen molar-refractivity contribution in [2.75, 3.05) is 17.7 Å². The van der Waals surface area contributed by atoms with Crippen LogP contribution in [0.25, 0.3) is 10.8 Å². The number of hydrogen-bond acceptors (Lipinski definition) is 6. The minimum absolute atomic E-state index is 0.0224. The van der Waals surface area contributed by atoms with Crippen LogP contribution in [0.2, 0.25) is 0 Å². The number of ether oxygens (including phenoxy) is 1. The van der Waals surface area contributed by atoms with Crippen molar-refractivity contribution in [3.8, 4) is 0 Å².